The fraction of sp³-hybridized carbons (Fsp3) is 0.240. The molecule has 0 aliphatic carbocycles. The van der Waals surface area contributed by atoms with Crippen LogP contribution < -0.4 is 10.9 Å². The van der Waals surface area contributed by atoms with E-state index in [9.17, 15) is 14.4 Å². The maximum atomic E-state index is 13.5. The summed E-state index contributed by atoms with van der Waals surface area (Å²) < 4.78 is 10.4. The van der Waals surface area contributed by atoms with Crippen LogP contribution in [-0.4, -0.2) is 18.4 Å². The third-order valence-corrected chi connectivity index (χ3v) is 5.77. The van der Waals surface area contributed by atoms with Crippen molar-refractivity contribution in [1.29, 1.82) is 0 Å². The molecule has 0 fully saturated rings. The van der Waals surface area contributed by atoms with Gasteiger partial charge in [0, 0.05) is 28.4 Å². The van der Waals surface area contributed by atoms with E-state index in [0.29, 0.717) is 28.3 Å². The zero-order chi connectivity index (χ0) is 24.3. The van der Waals surface area contributed by atoms with Crippen molar-refractivity contribution in [2.45, 2.75) is 27.7 Å². The van der Waals surface area contributed by atoms with Crippen molar-refractivity contribution in [2.75, 3.05) is 6.61 Å². The Bertz CT molecular complexity index is 1260. The number of benzene rings is 1. The van der Waals surface area contributed by atoms with Crippen molar-refractivity contribution in [2.24, 2.45) is 5.92 Å². The summed E-state index contributed by atoms with van der Waals surface area (Å²) in [5.74, 6) is -1.44. The second-order valence-corrected chi connectivity index (χ2v) is 8.29. The maximum absolute atomic E-state index is 13.5. The van der Waals surface area contributed by atoms with Gasteiger partial charge in [-0.25, -0.2) is 9.59 Å². The molecule has 0 saturated carbocycles. The van der Waals surface area contributed by atoms with Gasteiger partial charge in [0.1, 0.15) is 5.76 Å². The lowest BCUT2D eigenvalue weighted by molar-refractivity contribution is -0.139. The predicted molar refractivity (Wildman–Crippen MR) is 128 cm³/mol. The molecule has 1 unspecified atom stereocenters. The number of aryl methyl sites for hydroxylation is 1. The Hall–Kier alpha value is -3.09. The van der Waals surface area contributed by atoms with Crippen LogP contribution in [0.1, 0.15) is 42.5 Å². The first kappa shape index (κ1) is 24.6. The van der Waals surface area contributed by atoms with Crippen molar-refractivity contribution in [3.05, 3.63) is 97.3 Å². The molecule has 172 valence electrons. The molecule has 1 aromatic heterocycles. The number of ketones is 1. The van der Waals surface area contributed by atoms with E-state index in [1.165, 1.54) is 12.1 Å². The van der Waals surface area contributed by atoms with Crippen molar-refractivity contribution >= 4 is 40.0 Å². The highest BCUT2D eigenvalue weighted by Gasteiger charge is 2.35. The second-order valence-electron chi connectivity index (χ2n) is 7.48. The number of carbonyl (C=O) groups excluding carboxylic acids is 2. The van der Waals surface area contributed by atoms with Gasteiger partial charge in [-0.3, -0.25) is 4.79 Å². The van der Waals surface area contributed by atoms with Gasteiger partial charge in [0.05, 0.1) is 27.8 Å². The number of carbonyl (C=O) groups is 2. The first-order valence-corrected chi connectivity index (χ1v) is 11.0. The number of allylic oxidation sites excluding steroid dienone is 4. The molecule has 33 heavy (non-hydrogen) atoms. The molecule has 2 aromatic rings. The lowest BCUT2D eigenvalue weighted by Gasteiger charge is -2.29. The van der Waals surface area contributed by atoms with Gasteiger partial charge in [-0.05, 0) is 33.8 Å². The Morgan fingerprint density at radius 1 is 1.12 bits per heavy atom. The van der Waals surface area contributed by atoms with E-state index < -0.39 is 17.5 Å². The van der Waals surface area contributed by atoms with Crippen molar-refractivity contribution in [3.8, 4) is 0 Å². The molecule has 8 heteroatoms. The van der Waals surface area contributed by atoms with Crippen molar-refractivity contribution < 1.29 is 18.7 Å². The molecule has 0 amide bonds. The Morgan fingerprint density at radius 2 is 1.76 bits per heavy atom. The minimum absolute atomic E-state index is 0.0404. The molecule has 1 atom stereocenters. The van der Waals surface area contributed by atoms with Crippen LogP contribution in [0.5, 0.6) is 0 Å². The van der Waals surface area contributed by atoms with Crippen LogP contribution in [0.3, 0.4) is 0 Å². The molecule has 6 nitrogen and oxygen atoms in total. The number of halogens is 2. The minimum Gasteiger partial charge on any atom is -0.463 e. The van der Waals surface area contributed by atoms with E-state index in [0.717, 1.165) is 0 Å². The number of Topliss-reactive ketones (excluding diaryl/α,β-unsaturated/α-hetero) is 1. The zero-order valence-corrected chi connectivity index (χ0v) is 20.1. The van der Waals surface area contributed by atoms with Gasteiger partial charge in [0.2, 0.25) is 0 Å². The van der Waals surface area contributed by atoms with Gasteiger partial charge in [0.15, 0.2) is 5.78 Å². The molecule has 1 aromatic carbocycles. The topological polar surface area (TPSA) is 85.6 Å². The van der Waals surface area contributed by atoms with Crippen LogP contribution in [0.4, 0.5) is 0 Å². The normalized spacial score (nSPS) is 16.5. The van der Waals surface area contributed by atoms with Gasteiger partial charge < -0.3 is 14.5 Å². The van der Waals surface area contributed by atoms with E-state index in [2.05, 4.69) is 5.32 Å². The first-order chi connectivity index (χ1) is 15.6. The molecular formula is C25H23Cl2NO5. The quantitative estimate of drug-likeness (QED) is 0.433. The molecule has 2 heterocycles. The van der Waals surface area contributed by atoms with E-state index in [1.54, 1.807) is 58.0 Å². The summed E-state index contributed by atoms with van der Waals surface area (Å²) in [6.07, 6.45) is 1.46. The lowest BCUT2D eigenvalue weighted by atomic mass is 9.81. The highest BCUT2D eigenvalue weighted by atomic mass is 35.5. The fourth-order valence-electron chi connectivity index (χ4n) is 3.75. The highest BCUT2D eigenvalue weighted by Crippen LogP contribution is 2.37. The number of rotatable bonds is 6. The third kappa shape index (κ3) is 5.13. The summed E-state index contributed by atoms with van der Waals surface area (Å²) in [5.41, 5.74) is 1.27. The van der Waals surface area contributed by atoms with Gasteiger partial charge in [-0.1, -0.05) is 59.6 Å². The van der Waals surface area contributed by atoms with Gasteiger partial charge >= 0.3 is 11.6 Å². The second kappa shape index (κ2) is 10.2. The van der Waals surface area contributed by atoms with Gasteiger partial charge in [0.25, 0.3) is 0 Å². The molecule has 0 saturated heterocycles. The van der Waals surface area contributed by atoms with E-state index >= 15 is 0 Å². The highest BCUT2D eigenvalue weighted by molar-refractivity contribution is 6.50. The molecule has 3 rings (SSSR count). The van der Waals surface area contributed by atoms with E-state index in [4.69, 9.17) is 32.4 Å². The van der Waals surface area contributed by atoms with Crippen molar-refractivity contribution in [1.82, 2.24) is 5.32 Å². The van der Waals surface area contributed by atoms with E-state index in [-0.39, 0.29) is 33.6 Å². The summed E-state index contributed by atoms with van der Waals surface area (Å²) in [6.45, 7) is 6.88. The summed E-state index contributed by atoms with van der Waals surface area (Å²) in [6, 6.07) is 10.2. The van der Waals surface area contributed by atoms with Crippen LogP contribution in [-0.2, 0) is 9.53 Å². The molecule has 1 aliphatic rings. The molecule has 1 aliphatic heterocycles. The zero-order valence-electron chi connectivity index (χ0n) is 18.6. The number of nitrogens with one attached hydrogen (secondary N) is 1. The Balaban J connectivity index is 2.22. The first-order valence-electron chi connectivity index (χ1n) is 10.3. The largest absolute Gasteiger partial charge is 0.463 e. The molecule has 0 bridgehead atoms. The SMILES string of the molecule is CCOC(=O)C1=C(C)NC(C)=C(C(=O)c2ccccc2)C1/C=C(\Cl)c1c(Cl)cc(C)oc1=O. The minimum atomic E-state index is -0.887. The molecular weight excluding hydrogens is 465 g/mol. The number of esters is 1. The number of dihydropyridines is 1. The predicted octanol–water partition coefficient (Wildman–Crippen LogP) is 5.39. The standard InChI is InChI=1S/C25H23Cl2NO5/c1-5-32-24(30)21-15(4)28-14(3)20(23(29)16-9-7-6-8-10-16)17(21)12-19(27)22-18(26)11-13(2)33-25(22)31/h6-12,17,28H,5H2,1-4H3/b19-12-. The van der Waals surface area contributed by atoms with Crippen LogP contribution in [0, 0.1) is 12.8 Å². The summed E-state index contributed by atoms with van der Waals surface area (Å²) in [4.78, 5) is 38.8. The van der Waals surface area contributed by atoms with Crippen molar-refractivity contribution in [3.63, 3.8) is 0 Å². The maximum Gasteiger partial charge on any atom is 0.346 e. The van der Waals surface area contributed by atoms with Gasteiger partial charge in [-0.15, -0.1) is 0 Å². The average Bonchev–Trinajstić information content (AvgIpc) is 2.73. The van der Waals surface area contributed by atoms with E-state index in [1.807, 2.05) is 0 Å². The van der Waals surface area contributed by atoms with Crippen LogP contribution in [0.15, 0.2) is 74.2 Å². The monoisotopic (exact) mass is 487 g/mol. The number of hydrogen-bond donors (Lipinski definition) is 1. The van der Waals surface area contributed by atoms with Gasteiger partial charge in [-0.2, -0.15) is 0 Å². The summed E-state index contributed by atoms with van der Waals surface area (Å²) in [5, 5.41) is 3.17. The Morgan fingerprint density at radius 3 is 2.36 bits per heavy atom. The number of hydrogen-bond acceptors (Lipinski definition) is 6. The van der Waals surface area contributed by atoms with Crippen LogP contribution in [0.2, 0.25) is 5.02 Å². The average molecular weight is 488 g/mol. The molecule has 1 N–H and O–H groups in total. The Kier molecular flexibility index (Phi) is 7.61. The molecule has 0 spiro atoms. The Labute approximate surface area is 201 Å². The van der Waals surface area contributed by atoms with Crippen LogP contribution in [0.25, 0.3) is 5.03 Å². The summed E-state index contributed by atoms with van der Waals surface area (Å²) >= 11 is 12.8. The third-order valence-electron chi connectivity index (χ3n) is 5.16. The molecule has 0 radical (unpaired) electrons. The fourth-order valence-corrected chi connectivity index (χ4v) is 4.44. The smallest absolute Gasteiger partial charge is 0.346 e. The lowest BCUT2D eigenvalue weighted by Crippen LogP contribution is -2.32. The number of ether oxygens (including phenoxy) is 1. The van der Waals surface area contributed by atoms with Crippen LogP contribution >= 0.6 is 23.2 Å². The summed E-state index contributed by atoms with van der Waals surface area (Å²) in [7, 11) is 0.